The van der Waals surface area contributed by atoms with E-state index in [1.165, 1.54) is 25.3 Å². The number of esters is 1. The lowest BCUT2D eigenvalue weighted by molar-refractivity contribution is -0.139. The van der Waals surface area contributed by atoms with Crippen molar-refractivity contribution in [3.63, 3.8) is 0 Å². The summed E-state index contributed by atoms with van der Waals surface area (Å²) in [5, 5.41) is 0. The Kier molecular flexibility index (Phi) is 5.37. The van der Waals surface area contributed by atoms with Crippen LogP contribution in [0.5, 0.6) is 0 Å². The van der Waals surface area contributed by atoms with Crippen molar-refractivity contribution in [1.29, 1.82) is 0 Å². The number of rotatable bonds is 5. The van der Waals surface area contributed by atoms with Crippen LogP contribution in [0.4, 0.5) is 13.2 Å². The number of methoxy groups -OCH3 is 1. The van der Waals surface area contributed by atoms with Crippen LogP contribution in [-0.4, -0.2) is 42.8 Å². The van der Waals surface area contributed by atoms with Crippen molar-refractivity contribution in [2.24, 2.45) is 0 Å². The average Bonchev–Trinajstić information content (AvgIpc) is 3.07. The maximum atomic E-state index is 13.2. The highest BCUT2D eigenvalue weighted by Crippen LogP contribution is 2.35. The van der Waals surface area contributed by atoms with Crippen LogP contribution in [0.15, 0.2) is 47.4 Å². The van der Waals surface area contributed by atoms with Crippen molar-refractivity contribution in [1.82, 2.24) is 14.3 Å². The smallest absolute Gasteiger partial charge is 0.417 e. The molecule has 0 atom stereocenters. The van der Waals surface area contributed by atoms with Crippen LogP contribution in [0.2, 0.25) is 0 Å². The van der Waals surface area contributed by atoms with Gasteiger partial charge in [-0.1, -0.05) is 12.1 Å². The zero-order chi connectivity index (χ0) is 21.4. The number of aromatic nitrogens is 2. The van der Waals surface area contributed by atoms with Crippen molar-refractivity contribution in [3.8, 4) is 0 Å². The minimum absolute atomic E-state index is 0.206. The molecule has 1 heterocycles. The van der Waals surface area contributed by atoms with E-state index in [9.17, 15) is 26.4 Å². The predicted octanol–water partition coefficient (Wildman–Crippen LogP) is 3.19. The number of imidazole rings is 1. The molecule has 0 aliphatic heterocycles. The lowest BCUT2D eigenvalue weighted by Gasteiger charge is -2.19. The molecule has 1 N–H and O–H groups in total. The molecule has 11 heteroatoms. The lowest BCUT2D eigenvalue weighted by atomic mass is 10.2. The number of hydrogen-bond donors (Lipinski definition) is 1. The van der Waals surface area contributed by atoms with Gasteiger partial charge >= 0.3 is 12.1 Å². The number of ether oxygens (including phenoxy) is 1. The third kappa shape index (κ3) is 4.10. The van der Waals surface area contributed by atoms with E-state index in [-0.39, 0.29) is 17.9 Å². The van der Waals surface area contributed by atoms with Gasteiger partial charge in [-0.15, -0.1) is 0 Å². The van der Waals surface area contributed by atoms with Crippen LogP contribution in [0.1, 0.15) is 21.7 Å². The van der Waals surface area contributed by atoms with Crippen molar-refractivity contribution >= 4 is 27.0 Å². The Bertz CT molecular complexity index is 1170. The maximum absolute atomic E-state index is 13.2. The maximum Gasteiger partial charge on any atom is 0.417 e. The van der Waals surface area contributed by atoms with Crippen molar-refractivity contribution in [2.75, 3.05) is 14.2 Å². The van der Waals surface area contributed by atoms with Crippen LogP contribution >= 0.6 is 0 Å². The first-order valence-electron chi connectivity index (χ1n) is 8.23. The highest BCUT2D eigenvalue weighted by molar-refractivity contribution is 7.89. The van der Waals surface area contributed by atoms with E-state index in [2.05, 4.69) is 14.7 Å². The van der Waals surface area contributed by atoms with Gasteiger partial charge in [0, 0.05) is 7.05 Å². The third-order valence-corrected chi connectivity index (χ3v) is 6.07. The number of carbonyl (C=O) groups excluding carboxylic acids is 1. The number of halogens is 3. The summed E-state index contributed by atoms with van der Waals surface area (Å²) in [7, 11) is -2.03. The summed E-state index contributed by atoms with van der Waals surface area (Å²) in [5.41, 5.74) is -0.0343. The fourth-order valence-corrected chi connectivity index (χ4v) is 4.11. The molecule has 0 aliphatic rings. The molecule has 0 unspecified atom stereocenters. The molecule has 0 saturated heterocycles. The van der Waals surface area contributed by atoms with Gasteiger partial charge in [0.25, 0.3) is 0 Å². The predicted molar refractivity (Wildman–Crippen MR) is 97.5 cm³/mol. The van der Waals surface area contributed by atoms with Crippen molar-refractivity contribution < 1.29 is 31.1 Å². The molecule has 3 rings (SSSR count). The molecular weight excluding hydrogens is 411 g/mol. The molecular formula is C18H16F3N3O4S. The van der Waals surface area contributed by atoms with Crippen molar-refractivity contribution in [3.05, 3.63) is 59.4 Å². The summed E-state index contributed by atoms with van der Waals surface area (Å²) in [6, 6.07) is 8.52. The normalized spacial score (nSPS) is 12.5. The van der Waals surface area contributed by atoms with Gasteiger partial charge in [-0.25, -0.2) is 18.2 Å². The number of nitrogens with zero attached hydrogens (tertiary/aromatic N) is 2. The Balaban J connectivity index is 1.92. The number of nitrogens with one attached hydrogen (secondary N) is 1. The van der Waals surface area contributed by atoms with Crippen LogP contribution in [-0.2, 0) is 27.5 Å². The van der Waals surface area contributed by atoms with Gasteiger partial charge in [-0.3, -0.25) is 0 Å². The van der Waals surface area contributed by atoms with Gasteiger partial charge in [-0.05, 0) is 30.3 Å². The molecule has 0 fully saturated rings. The standard InChI is InChI=1S/C18H16F3N3O4S/c1-24(29(26,27)15-6-4-3-5-12(15)18(19,20)21)10-16-22-13-8-7-11(17(25)28-2)9-14(13)23-16/h3-9H,10H2,1-2H3,(H,22,23). The Morgan fingerprint density at radius 2 is 1.90 bits per heavy atom. The SMILES string of the molecule is COC(=O)c1ccc2nc(CN(C)S(=O)(=O)c3ccccc3C(F)(F)F)[nH]c2c1. The largest absolute Gasteiger partial charge is 0.465 e. The molecule has 3 aromatic rings. The van der Waals surface area contributed by atoms with Gasteiger partial charge in [0.15, 0.2) is 0 Å². The van der Waals surface area contributed by atoms with Crippen LogP contribution < -0.4 is 0 Å². The summed E-state index contributed by atoms with van der Waals surface area (Å²) in [4.78, 5) is 17.9. The van der Waals surface area contributed by atoms with E-state index in [1.54, 1.807) is 6.07 Å². The highest BCUT2D eigenvalue weighted by Gasteiger charge is 2.38. The first-order valence-corrected chi connectivity index (χ1v) is 9.67. The molecule has 0 bridgehead atoms. The molecule has 0 saturated carbocycles. The third-order valence-electron chi connectivity index (χ3n) is 4.21. The van der Waals surface area contributed by atoms with Crippen molar-refractivity contribution in [2.45, 2.75) is 17.6 Å². The van der Waals surface area contributed by atoms with E-state index in [0.717, 1.165) is 29.6 Å². The zero-order valence-corrected chi connectivity index (χ0v) is 16.1. The molecule has 1 aromatic heterocycles. The van der Waals surface area contributed by atoms with Crippen LogP contribution in [0, 0.1) is 0 Å². The Hall–Kier alpha value is -2.92. The minimum atomic E-state index is -4.81. The first kappa shape index (κ1) is 20.8. The number of fused-ring (bicyclic) bond motifs is 1. The summed E-state index contributed by atoms with van der Waals surface area (Å²) in [5.74, 6) is -0.343. The highest BCUT2D eigenvalue weighted by atomic mass is 32.2. The zero-order valence-electron chi connectivity index (χ0n) is 15.3. The Morgan fingerprint density at radius 1 is 1.21 bits per heavy atom. The summed E-state index contributed by atoms with van der Waals surface area (Å²) in [6.45, 7) is -0.295. The molecule has 29 heavy (non-hydrogen) atoms. The Labute approximate surface area is 164 Å². The second-order valence-corrected chi connectivity index (χ2v) is 8.18. The first-order chi connectivity index (χ1) is 13.5. The number of benzene rings is 2. The fraction of sp³-hybridized carbons (Fsp3) is 0.222. The van der Waals surface area contributed by atoms with E-state index < -0.39 is 32.6 Å². The van der Waals surface area contributed by atoms with Gasteiger partial charge in [0.05, 0.1) is 40.7 Å². The number of alkyl halides is 3. The van der Waals surface area contributed by atoms with Gasteiger partial charge < -0.3 is 9.72 Å². The van der Waals surface area contributed by atoms with E-state index in [0.29, 0.717) is 11.0 Å². The quantitative estimate of drug-likeness (QED) is 0.632. The monoisotopic (exact) mass is 427 g/mol. The molecule has 0 amide bonds. The number of sulfonamides is 1. The summed E-state index contributed by atoms with van der Waals surface area (Å²) < 4.78 is 70.5. The minimum Gasteiger partial charge on any atom is -0.465 e. The lowest BCUT2D eigenvalue weighted by Crippen LogP contribution is -2.29. The molecule has 0 radical (unpaired) electrons. The molecule has 154 valence electrons. The number of H-pyrrole nitrogens is 1. The average molecular weight is 427 g/mol. The summed E-state index contributed by atoms with van der Waals surface area (Å²) >= 11 is 0. The van der Waals surface area contributed by atoms with Crippen LogP contribution in [0.25, 0.3) is 11.0 Å². The van der Waals surface area contributed by atoms with E-state index in [4.69, 9.17) is 0 Å². The summed E-state index contributed by atoms with van der Waals surface area (Å²) in [6.07, 6.45) is -4.81. The Morgan fingerprint density at radius 3 is 2.55 bits per heavy atom. The molecule has 2 aromatic carbocycles. The van der Waals surface area contributed by atoms with E-state index in [1.807, 2.05) is 0 Å². The number of carbonyl (C=O) groups is 1. The molecule has 0 spiro atoms. The van der Waals surface area contributed by atoms with E-state index >= 15 is 0 Å². The fourth-order valence-electron chi connectivity index (χ4n) is 2.77. The molecule has 0 aliphatic carbocycles. The van der Waals surface area contributed by atoms with Gasteiger partial charge in [0.1, 0.15) is 5.82 Å². The molecule has 7 nitrogen and oxygen atoms in total. The van der Waals surface area contributed by atoms with Crippen LogP contribution in [0.3, 0.4) is 0 Å². The second-order valence-electron chi connectivity index (χ2n) is 6.16. The number of aromatic amines is 1. The number of hydrogen-bond acceptors (Lipinski definition) is 5. The van der Waals surface area contributed by atoms with Gasteiger partial charge in [0.2, 0.25) is 10.0 Å². The second kappa shape index (κ2) is 7.48. The van der Waals surface area contributed by atoms with Gasteiger partial charge in [-0.2, -0.15) is 17.5 Å². The topological polar surface area (TPSA) is 92.4 Å².